The molecule has 6 nitrogen and oxygen atoms in total. The van der Waals surface area contributed by atoms with Gasteiger partial charge in [0.25, 0.3) is 5.91 Å². The smallest absolute Gasteiger partial charge is 0.267 e. The molecule has 1 atom stereocenters. The zero-order valence-corrected chi connectivity index (χ0v) is 11.3. The van der Waals surface area contributed by atoms with Crippen molar-refractivity contribution in [2.45, 2.75) is 19.1 Å². The van der Waals surface area contributed by atoms with Crippen LogP contribution in [0.3, 0.4) is 0 Å². The average Bonchev–Trinajstić information content (AvgIpc) is 3.01. The van der Waals surface area contributed by atoms with Gasteiger partial charge in [-0.1, -0.05) is 17.3 Å². The second-order valence-electron chi connectivity index (χ2n) is 5.15. The first-order valence-electron chi connectivity index (χ1n) is 6.91. The Kier molecular flexibility index (Phi) is 2.80. The molecule has 0 saturated heterocycles. The molecule has 1 amide bonds. The molecule has 0 N–H and O–H groups in total. The van der Waals surface area contributed by atoms with Crippen LogP contribution in [0.15, 0.2) is 35.0 Å². The second-order valence-corrected chi connectivity index (χ2v) is 5.15. The van der Waals surface area contributed by atoms with Crippen molar-refractivity contribution in [2.24, 2.45) is 0 Å². The second kappa shape index (κ2) is 4.80. The molecular formula is C15H14N2O4. The highest BCUT2D eigenvalue weighted by Gasteiger charge is 2.33. The normalized spacial score (nSPS) is 20.0. The number of hydrogen-bond donors (Lipinski definition) is 0. The van der Waals surface area contributed by atoms with Gasteiger partial charge in [0.15, 0.2) is 11.5 Å². The first-order valence-corrected chi connectivity index (χ1v) is 6.91. The van der Waals surface area contributed by atoms with E-state index in [1.54, 1.807) is 11.1 Å². The molecule has 0 spiro atoms. The lowest BCUT2D eigenvalue weighted by atomic mass is 10.1. The van der Waals surface area contributed by atoms with Crippen LogP contribution < -0.4 is 9.47 Å². The van der Waals surface area contributed by atoms with Crippen molar-refractivity contribution in [1.82, 2.24) is 10.1 Å². The summed E-state index contributed by atoms with van der Waals surface area (Å²) in [5.41, 5.74) is 0.965. The van der Waals surface area contributed by atoms with E-state index < -0.39 is 6.10 Å². The summed E-state index contributed by atoms with van der Waals surface area (Å²) in [6, 6.07) is 7.38. The number of ether oxygens (including phenoxy) is 2. The zero-order valence-electron chi connectivity index (χ0n) is 11.3. The molecule has 6 heteroatoms. The summed E-state index contributed by atoms with van der Waals surface area (Å²) < 4.78 is 16.5. The van der Waals surface area contributed by atoms with Crippen LogP contribution in [-0.4, -0.2) is 35.2 Å². The fourth-order valence-corrected chi connectivity index (χ4v) is 2.67. The predicted molar refractivity (Wildman–Crippen MR) is 72.0 cm³/mol. The van der Waals surface area contributed by atoms with Crippen LogP contribution in [-0.2, 0) is 17.8 Å². The van der Waals surface area contributed by atoms with Crippen LogP contribution >= 0.6 is 0 Å². The minimum absolute atomic E-state index is 0.0589. The van der Waals surface area contributed by atoms with Gasteiger partial charge in [0.1, 0.15) is 12.4 Å². The van der Waals surface area contributed by atoms with E-state index in [4.69, 9.17) is 14.0 Å². The third-order valence-corrected chi connectivity index (χ3v) is 3.80. The fraction of sp³-hybridized carbons (Fsp3) is 0.333. The van der Waals surface area contributed by atoms with Gasteiger partial charge in [-0.05, 0) is 12.1 Å². The first-order chi connectivity index (χ1) is 10.3. The van der Waals surface area contributed by atoms with Crippen molar-refractivity contribution in [3.8, 4) is 11.5 Å². The predicted octanol–water partition coefficient (Wildman–Crippen LogP) is 1.40. The molecule has 2 aliphatic rings. The van der Waals surface area contributed by atoms with E-state index in [0.29, 0.717) is 31.0 Å². The molecule has 0 radical (unpaired) electrons. The Morgan fingerprint density at radius 3 is 3.05 bits per heavy atom. The summed E-state index contributed by atoms with van der Waals surface area (Å²) in [7, 11) is 0. The van der Waals surface area contributed by atoms with Gasteiger partial charge in [0, 0.05) is 18.5 Å². The van der Waals surface area contributed by atoms with Gasteiger partial charge >= 0.3 is 0 Å². The Hall–Kier alpha value is -2.50. The number of nitrogens with zero attached hydrogens (tertiary/aromatic N) is 2. The van der Waals surface area contributed by atoms with Gasteiger partial charge in [0.2, 0.25) is 6.10 Å². The van der Waals surface area contributed by atoms with E-state index in [1.165, 1.54) is 0 Å². The number of amides is 1. The number of aromatic nitrogens is 1. The standard InChI is InChI=1S/C15H14N2O4/c18-15(17-6-5-11-10(8-17)7-16-21-11)14-9-19-12-3-1-2-4-13(12)20-14/h1-4,7,14H,5-6,8-9H2/t14-/m0/s1. The van der Waals surface area contributed by atoms with E-state index in [1.807, 2.05) is 24.3 Å². The molecule has 0 fully saturated rings. The topological polar surface area (TPSA) is 64.8 Å². The molecular weight excluding hydrogens is 272 g/mol. The van der Waals surface area contributed by atoms with Crippen LogP contribution in [0.2, 0.25) is 0 Å². The Bertz CT molecular complexity index is 682. The Morgan fingerprint density at radius 2 is 2.14 bits per heavy atom. The Balaban J connectivity index is 1.49. The number of rotatable bonds is 1. The number of para-hydroxylation sites is 2. The summed E-state index contributed by atoms with van der Waals surface area (Å²) >= 11 is 0. The molecule has 4 rings (SSSR count). The average molecular weight is 286 g/mol. The van der Waals surface area contributed by atoms with Gasteiger partial charge in [0.05, 0.1) is 12.7 Å². The molecule has 108 valence electrons. The summed E-state index contributed by atoms with van der Waals surface area (Å²) in [5.74, 6) is 2.10. The van der Waals surface area contributed by atoms with E-state index in [-0.39, 0.29) is 12.5 Å². The highest BCUT2D eigenvalue weighted by Crippen LogP contribution is 2.31. The molecule has 0 aliphatic carbocycles. The molecule has 3 heterocycles. The van der Waals surface area contributed by atoms with Crippen LogP contribution in [0.5, 0.6) is 11.5 Å². The van der Waals surface area contributed by atoms with Gasteiger partial charge in [-0.3, -0.25) is 4.79 Å². The maximum atomic E-state index is 12.6. The van der Waals surface area contributed by atoms with Gasteiger partial charge in [-0.2, -0.15) is 0 Å². The molecule has 2 aliphatic heterocycles. The molecule has 0 unspecified atom stereocenters. The Morgan fingerprint density at radius 1 is 1.29 bits per heavy atom. The Labute approximate surface area is 121 Å². The molecule has 2 aromatic rings. The maximum Gasteiger partial charge on any atom is 0.267 e. The number of hydrogen-bond acceptors (Lipinski definition) is 5. The minimum Gasteiger partial charge on any atom is -0.485 e. The fourth-order valence-electron chi connectivity index (χ4n) is 2.67. The largest absolute Gasteiger partial charge is 0.485 e. The van der Waals surface area contributed by atoms with Crippen molar-refractivity contribution in [1.29, 1.82) is 0 Å². The third kappa shape index (κ3) is 2.12. The lowest BCUT2D eigenvalue weighted by molar-refractivity contribution is -0.142. The lowest BCUT2D eigenvalue weighted by Gasteiger charge is -2.32. The van der Waals surface area contributed by atoms with Crippen LogP contribution in [0.1, 0.15) is 11.3 Å². The van der Waals surface area contributed by atoms with Crippen molar-refractivity contribution >= 4 is 5.91 Å². The minimum atomic E-state index is -0.596. The van der Waals surface area contributed by atoms with E-state index >= 15 is 0 Å². The number of carbonyl (C=O) groups excluding carboxylic acids is 1. The maximum absolute atomic E-state index is 12.6. The van der Waals surface area contributed by atoms with E-state index in [9.17, 15) is 4.79 Å². The molecule has 0 bridgehead atoms. The number of benzene rings is 1. The number of carbonyl (C=O) groups is 1. The van der Waals surface area contributed by atoms with Crippen LogP contribution in [0.25, 0.3) is 0 Å². The zero-order chi connectivity index (χ0) is 14.2. The van der Waals surface area contributed by atoms with Gasteiger partial charge in [-0.15, -0.1) is 0 Å². The SMILES string of the molecule is O=C([C@@H]1COc2ccccc2O1)N1CCc2oncc2C1. The summed E-state index contributed by atoms with van der Waals surface area (Å²) in [6.45, 7) is 1.37. The third-order valence-electron chi connectivity index (χ3n) is 3.80. The van der Waals surface area contributed by atoms with Crippen molar-refractivity contribution in [3.63, 3.8) is 0 Å². The quantitative estimate of drug-likeness (QED) is 0.793. The van der Waals surface area contributed by atoms with Gasteiger partial charge in [-0.25, -0.2) is 0 Å². The monoisotopic (exact) mass is 286 g/mol. The molecule has 21 heavy (non-hydrogen) atoms. The van der Waals surface area contributed by atoms with Gasteiger partial charge < -0.3 is 18.9 Å². The van der Waals surface area contributed by atoms with E-state index in [2.05, 4.69) is 5.16 Å². The molecule has 0 saturated carbocycles. The highest BCUT2D eigenvalue weighted by molar-refractivity contribution is 5.82. The van der Waals surface area contributed by atoms with Crippen LogP contribution in [0, 0.1) is 0 Å². The number of fused-ring (bicyclic) bond motifs is 2. The van der Waals surface area contributed by atoms with Crippen LogP contribution in [0.4, 0.5) is 0 Å². The summed E-state index contributed by atoms with van der Waals surface area (Å²) in [4.78, 5) is 14.3. The van der Waals surface area contributed by atoms with Crippen molar-refractivity contribution in [2.75, 3.05) is 13.2 Å². The summed E-state index contributed by atoms with van der Waals surface area (Å²) in [5, 5.41) is 3.77. The van der Waals surface area contributed by atoms with Crippen molar-refractivity contribution in [3.05, 3.63) is 41.8 Å². The molecule has 1 aromatic heterocycles. The summed E-state index contributed by atoms with van der Waals surface area (Å²) in [6.07, 6.45) is 1.76. The van der Waals surface area contributed by atoms with E-state index in [0.717, 1.165) is 11.3 Å². The molecule has 1 aromatic carbocycles. The lowest BCUT2D eigenvalue weighted by Crippen LogP contribution is -2.47. The van der Waals surface area contributed by atoms with Crippen molar-refractivity contribution < 1.29 is 18.8 Å². The first kappa shape index (κ1) is 12.3. The highest BCUT2D eigenvalue weighted by atomic mass is 16.6.